The molecule has 2 unspecified atom stereocenters. The summed E-state index contributed by atoms with van der Waals surface area (Å²) in [6.07, 6.45) is -5.04. The molecule has 10 heteroatoms. The predicted molar refractivity (Wildman–Crippen MR) is 90.6 cm³/mol. The summed E-state index contributed by atoms with van der Waals surface area (Å²) < 4.78 is 14.9. The Balaban J connectivity index is 2.58. The van der Waals surface area contributed by atoms with E-state index < -0.39 is 48.0 Å². The summed E-state index contributed by atoms with van der Waals surface area (Å²) in [5.41, 5.74) is 0.00439. The van der Waals surface area contributed by atoms with Gasteiger partial charge >= 0.3 is 17.9 Å². The molecule has 0 radical (unpaired) electrons. The maximum atomic E-state index is 12.9. The summed E-state index contributed by atoms with van der Waals surface area (Å²) in [5, 5.41) is 0.0632. The maximum Gasteiger partial charge on any atom is 0.303 e. The second kappa shape index (κ2) is 8.17. The third kappa shape index (κ3) is 4.43. The fraction of sp³-hybridized carbons (Fsp3) is 0.353. The number of nitrogens with zero attached hydrogens (tertiary/aromatic N) is 1. The summed E-state index contributed by atoms with van der Waals surface area (Å²) >= 11 is 6.07. The van der Waals surface area contributed by atoms with Crippen molar-refractivity contribution in [2.24, 2.45) is 0 Å². The SMILES string of the molecule is CC(=O)OC1C(=O)N(c2ccccc2Cl)C(=O)C(OC(C)=O)C1OC(C)=O. The Morgan fingerprint density at radius 3 is 1.70 bits per heavy atom. The van der Waals surface area contributed by atoms with Crippen molar-refractivity contribution in [2.45, 2.75) is 39.1 Å². The number of piperidine rings is 1. The Bertz CT molecular complexity index is 772. The van der Waals surface area contributed by atoms with Gasteiger partial charge in [0.25, 0.3) is 11.8 Å². The first kappa shape index (κ1) is 20.4. The van der Waals surface area contributed by atoms with Crippen LogP contribution >= 0.6 is 11.6 Å². The largest absolute Gasteiger partial charge is 0.453 e. The minimum Gasteiger partial charge on any atom is -0.453 e. The van der Waals surface area contributed by atoms with E-state index in [1.807, 2.05) is 0 Å². The van der Waals surface area contributed by atoms with Gasteiger partial charge in [-0.2, -0.15) is 0 Å². The number of para-hydroxylation sites is 1. The smallest absolute Gasteiger partial charge is 0.303 e. The molecule has 1 saturated heterocycles. The molecule has 1 aromatic rings. The summed E-state index contributed by atoms with van der Waals surface area (Å²) in [6.45, 7) is 3.11. The van der Waals surface area contributed by atoms with Gasteiger partial charge in [0.2, 0.25) is 12.2 Å². The Labute approximate surface area is 159 Å². The topological polar surface area (TPSA) is 116 Å². The number of ether oxygens (including phenoxy) is 3. The van der Waals surface area contributed by atoms with Crippen molar-refractivity contribution in [1.29, 1.82) is 0 Å². The number of imide groups is 1. The van der Waals surface area contributed by atoms with Crippen LogP contribution in [-0.2, 0) is 38.2 Å². The van der Waals surface area contributed by atoms with E-state index in [1.54, 1.807) is 6.07 Å². The van der Waals surface area contributed by atoms with Crippen LogP contribution < -0.4 is 4.90 Å². The molecule has 9 nitrogen and oxygen atoms in total. The first-order chi connectivity index (χ1) is 12.6. The van der Waals surface area contributed by atoms with E-state index in [0.29, 0.717) is 4.90 Å². The highest BCUT2D eigenvalue weighted by molar-refractivity contribution is 6.35. The van der Waals surface area contributed by atoms with E-state index in [9.17, 15) is 24.0 Å². The zero-order chi connectivity index (χ0) is 20.3. The summed E-state index contributed by atoms with van der Waals surface area (Å²) in [4.78, 5) is 60.8. The lowest BCUT2D eigenvalue weighted by Crippen LogP contribution is -2.65. The second-order valence-electron chi connectivity index (χ2n) is 5.60. The molecule has 1 fully saturated rings. The van der Waals surface area contributed by atoms with Crippen molar-refractivity contribution in [3.05, 3.63) is 29.3 Å². The summed E-state index contributed by atoms with van der Waals surface area (Å²) in [5.74, 6) is -4.56. The van der Waals surface area contributed by atoms with Crippen LogP contribution in [0.5, 0.6) is 0 Å². The summed E-state index contributed by atoms with van der Waals surface area (Å²) in [7, 11) is 0. The highest BCUT2D eigenvalue weighted by Crippen LogP contribution is 2.32. The fourth-order valence-electron chi connectivity index (χ4n) is 2.58. The van der Waals surface area contributed by atoms with E-state index in [-0.39, 0.29) is 10.7 Å². The Morgan fingerprint density at radius 2 is 1.30 bits per heavy atom. The van der Waals surface area contributed by atoms with Gasteiger partial charge in [0.15, 0.2) is 6.10 Å². The van der Waals surface area contributed by atoms with E-state index in [2.05, 4.69) is 0 Å². The molecule has 1 aliphatic heterocycles. The molecule has 0 aliphatic carbocycles. The highest BCUT2D eigenvalue weighted by atomic mass is 35.5. The summed E-state index contributed by atoms with van der Waals surface area (Å²) in [6, 6.07) is 5.94. The average molecular weight is 398 g/mol. The molecule has 1 heterocycles. The van der Waals surface area contributed by atoms with Gasteiger partial charge in [-0.15, -0.1) is 0 Å². The molecule has 0 N–H and O–H groups in total. The van der Waals surface area contributed by atoms with Crippen LogP contribution in [-0.4, -0.2) is 48.0 Å². The first-order valence-corrected chi connectivity index (χ1v) is 8.15. The van der Waals surface area contributed by atoms with Gasteiger partial charge < -0.3 is 14.2 Å². The lowest BCUT2D eigenvalue weighted by atomic mass is 9.98. The third-order valence-corrected chi connectivity index (χ3v) is 3.83. The normalized spacial score (nSPS) is 22.2. The standard InChI is InChI=1S/C17H16ClNO8/c1-8(20)25-13-14(26-9(2)21)16(23)19(12-7-5-4-6-11(12)18)17(24)15(13)27-10(3)22/h4-7,13-15H,1-3H3. The highest BCUT2D eigenvalue weighted by Gasteiger charge is 2.55. The molecule has 1 aromatic carbocycles. The van der Waals surface area contributed by atoms with Crippen LogP contribution in [0.3, 0.4) is 0 Å². The minimum absolute atomic E-state index is 0.00439. The number of esters is 3. The monoisotopic (exact) mass is 397 g/mol. The molecule has 27 heavy (non-hydrogen) atoms. The number of carbonyl (C=O) groups excluding carboxylic acids is 5. The number of rotatable bonds is 4. The number of hydrogen-bond acceptors (Lipinski definition) is 8. The molecule has 2 atom stereocenters. The van der Waals surface area contributed by atoms with Gasteiger partial charge in [-0.3, -0.25) is 24.0 Å². The molecule has 2 rings (SSSR count). The van der Waals surface area contributed by atoms with Crippen molar-refractivity contribution < 1.29 is 38.2 Å². The zero-order valence-corrected chi connectivity index (χ0v) is 15.4. The van der Waals surface area contributed by atoms with E-state index in [4.69, 9.17) is 25.8 Å². The zero-order valence-electron chi connectivity index (χ0n) is 14.6. The lowest BCUT2D eigenvalue weighted by molar-refractivity contribution is -0.191. The molecular weight excluding hydrogens is 382 g/mol. The predicted octanol–water partition coefficient (Wildman–Crippen LogP) is 1.01. The molecule has 0 spiro atoms. The van der Waals surface area contributed by atoms with E-state index in [0.717, 1.165) is 20.8 Å². The van der Waals surface area contributed by atoms with Gasteiger partial charge in [-0.1, -0.05) is 23.7 Å². The quantitative estimate of drug-likeness (QED) is 0.420. The van der Waals surface area contributed by atoms with E-state index >= 15 is 0 Å². The van der Waals surface area contributed by atoms with Crippen LogP contribution in [0.4, 0.5) is 5.69 Å². The van der Waals surface area contributed by atoms with Crippen LogP contribution in [0.15, 0.2) is 24.3 Å². The van der Waals surface area contributed by atoms with Gasteiger partial charge in [0, 0.05) is 20.8 Å². The molecule has 0 saturated carbocycles. The molecule has 1 aliphatic rings. The second-order valence-corrected chi connectivity index (χ2v) is 6.00. The van der Waals surface area contributed by atoms with Crippen molar-refractivity contribution in [1.82, 2.24) is 0 Å². The van der Waals surface area contributed by atoms with Crippen LogP contribution in [0.1, 0.15) is 20.8 Å². The van der Waals surface area contributed by atoms with Crippen molar-refractivity contribution in [3.63, 3.8) is 0 Å². The van der Waals surface area contributed by atoms with Gasteiger partial charge in [-0.25, -0.2) is 4.90 Å². The van der Waals surface area contributed by atoms with Crippen LogP contribution in [0.25, 0.3) is 0 Å². The lowest BCUT2D eigenvalue weighted by Gasteiger charge is -2.39. The Kier molecular flexibility index (Phi) is 6.17. The molecular formula is C17H16ClNO8. The minimum atomic E-state index is -1.70. The number of halogens is 1. The number of hydrogen-bond donors (Lipinski definition) is 0. The van der Waals surface area contributed by atoms with Gasteiger partial charge in [-0.05, 0) is 12.1 Å². The molecule has 0 bridgehead atoms. The number of benzene rings is 1. The van der Waals surface area contributed by atoms with Crippen molar-refractivity contribution in [3.8, 4) is 0 Å². The Hall–Kier alpha value is -2.94. The van der Waals surface area contributed by atoms with Gasteiger partial charge in [0.05, 0.1) is 10.7 Å². The van der Waals surface area contributed by atoms with Gasteiger partial charge in [0.1, 0.15) is 0 Å². The van der Waals surface area contributed by atoms with Crippen LogP contribution in [0.2, 0.25) is 5.02 Å². The first-order valence-electron chi connectivity index (χ1n) is 7.77. The number of anilines is 1. The molecule has 2 amide bonds. The van der Waals surface area contributed by atoms with E-state index in [1.165, 1.54) is 18.2 Å². The van der Waals surface area contributed by atoms with Crippen LogP contribution in [0, 0.1) is 0 Å². The number of amides is 2. The average Bonchev–Trinajstić information content (AvgIpc) is 2.55. The Morgan fingerprint density at radius 1 is 0.852 bits per heavy atom. The maximum absolute atomic E-state index is 12.9. The van der Waals surface area contributed by atoms with Crippen molar-refractivity contribution >= 4 is 47.0 Å². The fourth-order valence-corrected chi connectivity index (χ4v) is 2.80. The third-order valence-electron chi connectivity index (χ3n) is 3.51. The van der Waals surface area contributed by atoms with Crippen molar-refractivity contribution in [2.75, 3.05) is 4.90 Å². The number of carbonyl (C=O) groups is 5. The molecule has 144 valence electrons. The molecule has 0 aromatic heterocycles.